The fourth-order valence-electron chi connectivity index (χ4n) is 5.10. The van der Waals surface area contributed by atoms with Gasteiger partial charge in [0.25, 0.3) is 5.91 Å². The summed E-state index contributed by atoms with van der Waals surface area (Å²) in [7, 11) is -0.268. The largest absolute Gasteiger partial charge is 0.491 e. The molecule has 0 fully saturated rings. The van der Waals surface area contributed by atoms with Gasteiger partial charge in [0.05, 0.1) is 18.4 Å². The normalized spacial score (nSPS) is 24.8. The van der Waals surface area contributed by atoms with Gasteiger partial charge < -0.3 is 14.4 Å². The number of rotatable bonds is 2. The summed E-state index contributed by atoms with van der Waals surface area (Å²) >= 11 is 6.36. The Bertz CT molecular complexity index is 1220. The maximum Gasteiger partial charge on any atom is 0.284 e. The minimum Gasteiger partial charge on any atom is -0.491 e. The Morgan fingerprint density at radius 3 is 2.82 bits per heavy atom. The zero-order valence-electron chi connectivity index (χ0n) is 22.4. The first-order valence-corrected chi connectivity index (χ1v) is 15.3. The quantitative estimate of drug-likeness (QED) is 0.324. The first-order chi connectivity index (χ1) is 18.5. The number of benzene rings is 2. The van der Waals surface area contributed by atoms with E-state index in [9.17, 15) is 9.00 Å². The number of carbonyl (C=O) groups is 1. The van der Waals surface area contributed by atoms with Crippen molar-refractivity contribution in [3.8, 4) is 5.75 Å². The number of carbonyl (C=O) groups excluding carboxylic acids is 1. The zero-order chi connectivity index (χ0) is 26.9. The maximum absolute atomic E-state index is 13.2. The number of aryl methyl sites for hydroxylation is 1. The van der Waals surface area contributed by atoms with Crippen LogP contribution in [0.5, 0.6) is 5.75 Å². The van der Waals surface area contributed by atoms with Crippen LogP contribution in [0, 0.1) is 0 Å². The van der Waals surface area contributed by atoms with Crippen molar-refractivity contribution < 1.29 is 18.5 Å². The minimum absolute atomic E-state index is 0.0140. The molecule has 2 aromatic rings. The lowest BCUT2D eigenvalue weighted by molar-refractivity contribution is 0.100. The number of anilines is 1. The van der Waals surface area contributed by atoms with Gasteiger partial charge in [-0.2, -0.15) is 4.36 Å². The average Bonchev–Trinajstić information content (AvgIpc) is 2.94. The predicted molar refractivity (Wildman–Crippen MR) is 156 cm³/mol. The van der Waals surface area contributed by atoms with E-state index in [-0.39, 0.29) is 11.4 Å². The van der Waals surface area contributed by atoms with Gasteiger partial charge in [-0.1, -0.05) is 36.7 Å². The number of nitrogens with zero attached hydrogens (tertiary/aromatic N) is 2. The van der Waals surface area contributed by atoms with Gasteiger partial charge in [0.15, 0.2) is 0 Å². The highest BCUT2D eigenvalue weighted by molar-refractivity contribution is 7.76. The van der Waals surface area contributed by atoms with Crippen LogP contribution in [-0.4, -0.2) is 41.7 Å². The third kappa shape index (κ3) is 7.61. The lowest BCUT2D eigenvalue weighted by atomic mass is 10.0. The van der Waals surface area contributed by atoms with E-state index in [4.69, 9.17) is 21.1 Å². The van der Waals surface area contributed by atoms with Gasteiger partial charge >= 0.3 is 0 Å². The highest BCUT2D eigenvalue weighted by atomic mass is 35.5. The van der Waals surface area contributed by atoms with Gasteiger partial charge in [-0.3, -0.25) is 9.00 Å². The van der Waals surface area contributed by atoms with Crippen molar-refractivity contribution in [1.82, 2.24) is 0 Å². The number of methoxy groups -OCH3 is 1. The Labute approximate surface area is 233 Å². The molecule has 2 heterocycles. The first kappa shape index (κ1) is 28.7. The summed E-state index contributed by atoms with van der Waals surface area (Å²) in [6.07, 6.45) is 11.1. The number of thiol groups is 1. The molecule has 0 aromatic heterocycles. The molecule has 2 aliphatic heterocycles. The van der Waals surface area contributed by atoms with Gasteiger partial charge in [0.1, 0.15) is 5.75 Å². The van der Waals surface area contributed by atoms with Crippen LogP contribution < -0.4 is 9.64 Å². The molecule has 3 atom stereocenters. The lowest BCUT2D eigenvalue weighted by Gasteiger charge is -2.28. The Hall–Kier alpha value is -2.35. The summed E-state index contributed by atoms with van der Waals surface area (Å²) in [4.78, 5) is 15.4. The van der Waals surface area contributed by atoms with E-state index in [0.29, 0.717) is 25.1 Å². The Morgan fingerprint density at radius 1 is 1.13 bits per heavy atom. The van der Waals surface area contributed by atoms with E-state index in [2.05, 4.69) is 33.5 Å². The number of fused-ring (bicyclic) bond motifs is 2. The van der Waals surface area contributed by atoms with Crippen molar-refractivity contribution in [2.24, 2.45) is 4.36 Å². The highest BCUT2D eigenvalue weighted by Gasteiger charge is 2.20. The third-order valence-corrected chi connectivity index (χ3v) is 9.25. The Balaban J connectivity index is 1.78. The monoisotopic (exact) mass is 558 g/mol. The highest BCUT2D eigenvalue weighted by Crippen LogP contribution is 2.34. The van der Waals surface area contributed by atoms with E-state index in [1.54, 1.807) is 13.2 Å². The topological polar surface area (TPSA) is 68.2 Å². The summed E-state index contributed by atoms with van der Waals surface area (Å²) in [5.41, 5.74) is 3.75. The second-order valence-electron chi connectivity index (χ2n) is 10.0. The summed E-state index contributed by atoms with van der Waals surface area (Å²) in [6.45, 7) is 4.01. The van der Waals surface area contributed by atoms with Gasteiger partial charge in [-0.25, -0.2) is 0 Å². The summed E-state index contributed by atoms with van der Waals surface area (Å²) < 4.78 is 29.1. The van der Waals surface area contributed by atoms with Crippen LogP contribution in [0.2, 0.25) is 5.02 Å². The van der Waals surface area contributed by atoms with Crippen LogP contribution in [0.1, 0.15) is 73.4 Å². The van der Waals surface area contributed by atoms with Crippen LogP contribution in [0.4, 0.5) is 5.69 Å². The molecular formula is C30H39ClN2O4S. The molecule has 6 nitrogen and oxygen atoms in total. The number of hydrogen-bond donors (Lipinski definition) is 1. The summed E-state index contributed by atoms with van der Waals surface area (Å²) in [5, 5.41) is 0.614. The van der Waals surface area contributed by atoms with Gasteiger partial charge in [-0.15, -0.1) is 0 Å². The summed E-state index contributed by atoms with van der Waals surface area (Å²) in [6, 6.07) is 11.6. The van der Waals surface area contributed by atoms with E-state index in [0.717, 1.165) is 68.0 Å². The molecule has 0 aliphatic carbocycles. The van der Waals surface area contributed by atoms with Crippen molar-refractivity contribution in [1.29, 1.82) is 0 Å². The number of halogens is 1. The maximum atomic E-state index is 13.2. The SMILES string of the molecule is CC[C@@H]1CC/C=C/[C@H](OC)CCCN2Cc3ccc(Cl)cc3CCCCOc3ccc(cc32)C(=O)/N=[SH]\1=O. The number of allylic oxidation sites excluding steroid dienone is 1. The molecule has 1 unspecified atom stereocenters. The lowest BCUT2D eigenvalue weighted by Crippen LogP contribution is -2.26. The molecular weight excluding hydrogens is 520 g/mol. The van der Waals surface area contributed by atoms with Crippen LogP contribution in [0.3, 0.4) is 0 Å². The minimum atomic E-state index is -2.01. The fraction of sp³-hybridized carbons (Fsp3) is 0.500. The van der Waals surface area contributed by atoms with Gasteiger partial charge in [0.2, 0.25) is 0 Å². The van der Waals surface area contributed by atoms with Crippen LogP contribution in [0.25, 0.3) is 0 Å². The second kappa shape index (κ2) is 14.2. The molecule has 0 saturated heterocycles. The molecule has 2 aromatic carbocycles. The third-order valence-electron chi connectivity index (χ3n) is 7.38. The standard InChI is InChI=1S/C30H39ClN2O4S/c1-3-27-12-5-4-10-26(36-2)11-8-17-33-21-24-13-15-25(31)19-22(24)9-6-7-18-37-29-16-14-23(20-28(29)33)30(34)32-38(27)35/h4,10,13-16,19-20,26-27,38H,3,5-9,11-12,17-18,21H2,1-2H3/b10-4+/t26-,27+/m0/s1. The molecule has 1 amide bonds. The number of amides is 1. The Kier molecular flexibility index (Phi) is 10.7. The van der Waals surface area contributed by atoms with Crippen molar-refractivity contribution >= 4 is 33.8 Å². The average molecular weight is 559 g/mol. The molecule has 0 saturated carbocycles. The van der Waals surface area contributed by atoms with Crippen molar-refractivity contribution in [2.45, 2.75) is 76.2 Å². The zero-order valence-corrected chi connectivity index (χ0v) is 24.1. The van der Waals surface area contributed by atoms with Crippen LogP contribution in [0.15, 0.2) is 52.9 Å². The molecule has 38 heavy (non-hydrogen) atoms. The molecule has 2 aliphatic rings. The fourth-order valence-corrected chi connectivity index (χ4v) is 6.44. The molecule has 0 radical (unpaired) electrons. The van der Waals surface area contributed by atoms with Gasteiger partial charge in [-0.05, 0) is 92.8 Å². The molecule has 8 heteroatoms. The van der Waals surface area contributed by atoms with E-state index in [1.165, 1.54) is 11.1 Å². The van der Waals surface area contributed by atoms with Crippen molar-refractivity contribution in [3.63, 3.8) is 0 Å². The number of hydrogen-bond acceptors (Lipinski definition) is 5. The molecule has 0 spiro atoms. The molecule has 206 valence electrons. The smallest absolute Gasteiger partial charge is 0.284 e. The Morgan fingerprint density at radius 2 is 2.00 bits per heavy atom. The molecule has 4 rings (SSSR count). The van der Waals surface area contributed by atoms with Crippen LogP contribution in [-0.2, 0) is 28.3 Å². The van der Waals surface area contributed by atoms with Crippen molar-refractivity contribution in [2.75, 3.05) is 25.2 Å². The molecule has 2 bridgehead atoms. The van der Waals surface area contributed by atoms with E-state index in [1.807, 2.05) is 25.1 Å². The van der Waals surface area contributed by atoms with E-state index >= 15 is 0 Å². The van der Waals surface area contributed by atoms with Gasteiger partial charge in [0, 0.05) is 46.6 Å². The number of ether oxygens (including phenoxy) is 2. The van der Waals surface area contributed by atoms with E-state index < -0.39 is 16.5 Å². The second-order valence-corrected chi connectivity index (χ2v) is 12.0. The summed E-state index contributed by atoms with van der Waals surface area (Å²) in [5.74, 6) is 0.315. The van der Waals surface area contributed by atoms with Crippen molar-refractivity contribution in [3.05, 3.63) is 70.3 Å². The predicted octanol–water partition coefficient (Wildman–Crippen LogP) is 6.79. The first-order valence-electron chi connectivity index (χ1n) is 13.7. The molecule has 0 N–H and O–H groups in total. The van der Waals surface area contributed by atoms with Crippen LogP contribution >= 0.6 is 11.6 Å².